The molecule has 1 rings (SSSR count). The minimum Gasteiger partial charge on any atom is -0.466 e. The van der Waals surface area contributed by atoms with Crippen LogP contribution in [0.1, 0.15) is 50.2 Å². The molecule has 0 saturated heterocycles. The Kier molecular flexibility index (Phi) is 7.86. The number of halogens is 4. The number of hydrogen-bond donors (Lipinski definition) is 0. The summed E-state index contributed by atoms with van der Waals surface area (Å²) < 4.78 is 61.7. The highest BCUT2D eigenvalue weighted by molar-refractivity contribution is 5.78. The normalized spacial score (nSPS) is 12.6. The first-order chi connectivity index (χ1) is 11.7. The average molecular weight is 364 g/mol. The largest absolute Gasteiger partial charge is 0.466 e. The Bertz CT molecular complexity index is 599. The summed E-state index contributed by atoms with van der Waals surface area (Å²) >= 11 is 0. The number of benzene rings is 1. The summed E-state index contributed by atoms with van der Waals surface area (Å²) in [4.78, 5) is 23.4. The van der Waals surface area contributed by atoms with Crippen molar-refractivity contribution in [1.29, 1.82) is 0 Å². The summed E-state index contributed by atoms with van der Waals surface area (Å²) in [6.07, 6.45) is -4.39. The van der Waals surface area contributed by atoms with Crippen molar-refractivity contribution in [3.63, 3.8) is 0 Å². The van der Waals surface area contributed by atoms with Crippen LogP contribution in [0.3, 0.4) is 0 Å². The van der Waals surface area contributed by atoms with Gasteiger partial charge in [0.15, 0.2) is 0 Å². The molecule has 0 radical (unpaired) electrons. The van der Waals surface area contributed by atoms with Gasteiger partial charge in [0.2, 0.25) is 0 Å². The molecule has 1 unspecified atom stereocenters. The molecule has 0 aromatic heterocycles. The number of carbonyl (C=O) groups excluding carboxylic acids is 2. The van der Waals surface area contributed by atoms with E-state index in [4.69, 9.17) is 9.47 Å². The minimum atomic E-state index is -4.68. The summed E-state index contributed by atoms with van der Waals surface area (Å²) in [7, 11) is 0. The van der Waals surface area contributed by atoms with Crippen LogP contribution in [0.15, 0.2) is 18.2 Å². The van der Waals surface area contributed by atoms with Crippen molar-refractivity contribution >= 4 is 11.9 Å². The van der Waals surface area contributed by atoms with Gasteiger partial charge in [-0.1, -0.05) is 6.07 Å². The summed E-state index contributed by atoms with van der Waals surface area (Å²) in [5.41, 5.74) is -1.32. The van der Waals surface area contributed by atoms with Gasteiger partial charge in [0.05, 0.1) is 24.7 Å². The SMILES string of the molecule is CCOC(=O)CCCC(C(=O)OCC)c1ccc(C(F)(F)F)cc1F. The summed E-state index contributed by atoms with van der Waals surface area (Å²) in [6, 6.07) is 2.01. The van der Waals surface area contributed by atoms with Gasteiger partial charge in [0.25, 0.3) is 0 Å². The van der Waals surface area contributed by atoms with Gasteiger partial charge < -0.3 is 9.47 Å². The topological polar surface area (TPSA) is 52.6 Å². The molecule has 1 atom stereocenters. The molecule has 0 amide bonds. The fourth-order valence-corrected chi connectivity index (χ4v) is 2.31. The smallest absolute Gasteiger partial charge is 0.416 e. The number of carbonyl (C=O) groups is 2. The van der Waals surface area contributed by atoms with Gasteiger partial charge in [0, 0.05) is 12.0 Å². The van der Waals surface area contributed by atoms with E-state index in [1.807, 2.05) is 0 Å². The van der Waals surface area contributed by atoms with Crippen molar-refractivity contribution in [3.05, 3.63) is 35.1 Å². The molecule has 140 valence electrons. The van der Waals surface area contributed by atoms with Gasteiger partial charge in [-0.05, 0) is 38.8 Å². The lowest BCUT2D eigenvalue weighted by atomic mass is 9.92. The predicted molar refractivity (Wildman–Crippen MR) is 81.3 cm³/mol. The Morgan fingerprint density at radius 1 is 1.12 bits per heavy atom. The molecule has 8 heteroatoms. The van der Waals surface area contributed by atoms with Crippen molar-refractivity contribution in [1.82, 2.24) is 0 Å². The van der Waals surface area contributed by atoms with Crippen LogP contribution >= 0.6 is 0 Å². The van der Waals surface area contributed by atoms with E-state index in [9.17, 15) is 27.2 Å². The Morgan fingerprint density at radius 2 is 1.76 bits per heavy atom. The van der Waals surface area contributed by atoms with Crippen LogP contribution in [0.5, 0.6) is 0 Å². The maximum Gasteiger partial charge on any atom is 0.416 e. The van der Waals surface area contributed by atoms with E-state index in [-0.39, 0.29) is 38.0 Å². The monoisotopic (exact) mass is 364 g/mol. The van der Waals surface area contributed by atoms with Gasteiger partial charge in [-0.15, -0.1) is 0 Å². The zero-order chi connectivity index (χ0) is 19.0. The molecule has 0 saturated carbocycles. The molecule has 0 spiro atoms. The van der Waals surface area contributed by atoms with E-state index in [1.54, 1.807) is 13.8 Å². The Hall–Kier alpha value is -2.12. The third kappa shape index (κ3) is 6.36. The van der Waals surface area contributed by atoms with Gasteiger partial charge in [-0.25, -0.2) is 4.39 Å². The second-order valence-electron chi connectivity index (χ2n) is 5.24. The molecule has 1 aromatic carbocycles. The van der Waals surface area contributed by atoms with E-state index in [0.29, 0.717) is 6.07 Å². The van der Waals surface area contributed by atoms with E-state index in [2.05, 4.69) is 0 Å². The second kappa shape index (κ2) is 9.39. The molecule has 25 heavy (non-hydrogen) atoms. The average Bonchev–Trinajstić information content (AvgIpc) is 2.51. The lowest BCUT2D eigenvalue weighted by molar-refractivity contribution is -0.146. The first-order valence-corrected chi connectivity index (χ1v) is 7.89. The van der Waals surface area contributed by atoms with Crippen molar-refractivity contribution in [3.8, 4) is 0 Å². The molecular weight excluding hydrogens is 344 g/mol. The van der Waals surface area contributed by atoms with Gasteiger partial charge in [0.1, 0.15) is 5.82 Å². The van der Waals surface area contributed by atoms with Crippen LogP contribution < -0.4 is 0 Å². The molecule has 0 fully saturated rings. The Morgan fingerprint density at radius 3 is 2.28 bits per heavy atom. The summed E-state index contributed by atoms with van der Waals surface area (Å²) in [5, 5.41) is 0. The Labute approximate surface area is 143 Å². The quantitative estimate of drug-likeness (QED) is 0.512. The fourth-order valence-electron chi connectivity index (χ4n) is 2.31. The number of hydrogen-bond acceptors (Lipinski definition) is 4. The lowest BCUT2D eigenvalue weighted by Gasteiger charge is -2.17. The third-order valence-corrected chi connectivity index (χ3v) is 3.45. The minimum absolute atomic E-state index is 0.0198. The van der Waals surface area contributed by atoms with Gasteiger partial charge >= 0.3 is 18.1 Å². The molecule has 0 bridgehead atoms. The van der Waals surface area contributed by atoms with Crippen LogP contribution in [0, 0.1) is 5.82 Å². The van der Waals surface area contributed by atoms with E-state index >= 15 is 0 Å². The summed E-state index contributed by atoms with van der Waals surface area (Å²) in [5.74, 6) is -3.43. The molecular formula is C17H20F4O4. The van der Waals surface area contributed by atoms with Crippen LogP contribution in [0.25, 0.3) is 0 Å². The molecule has 0 aliphatic rings. The van der Waals surface area contributed by atoms with Crippen molar-refractivity contribution in [2.45, 2.75) is 45.2 Å². The van der Waals surface area contributed by atoms with Crippen LogP contribution in [-0.2, 0) is 25.2 Å². The third-order valence-electron chi connectivity index (χ3n) is 3.45. The molecule has 0 aliphatic carbocycles. The van der Waals surface area contributed by atoms with Crippen molar-refractivity contribution in [2.75, 3.05) is 13.2 Å². The highest BCUT2D eigenvalue weighted by atomic mass is 19.4. The molecule has 0 aliphatic heterocycles. The highest BCUT2D eigenvalue weighted by Gasteiger charge is 2.33. The first kappa shape index (κ1) is 20.9. The molecule has 4 nitrogen and oxygen atoms in total. The lowest BCUT2D eigenvalue weighted by Crippen LogP contribution is -2.18. The van der Waals surface area contributed by atoms with Crippen LogP contribution in [-0.4, -0.2) is 25.2 Å². The highest BCUT2D eigenvalue weighted by Crippen LogP contribution is 2.33. The fraction of sp³-hybridized carbons (Fsp3) is 0.529. The van der Waals surface area contributed by atoms with Gasteiger partial charge in [-0.2, -0.15) is 13.2 Å². The number of rotatable bonds is 8. The molecule has 0 heterocycles. The number of ether oxygens (including phenoxy) is 2. The second-order valence-corrected chi connectivity index (χ2v) is 5.24. The van der Waals surface area contributed by atoms with Crippen LogP contribution in [0.2, 0.25) is 0 Å². The van der Waals surface area contributed by atoms with Gasteiger partial charge in [-0.3, -0.25) is 9.59 Å². The maximum absolute atomic E-state index is 14.1. The zero-order valence-electron chi connectivity index (χ0n) is 14.0. The van der Waals surface area contributed by atoms with Crippen LogP contribution in [0.4, 0.5) is 17.6 Å². The first-order valence-electron chi connectivity index (χ1n) is 7.89. The number of esters is 2. The van der Waals surface area contributed by atoms with Crippen molar-refractivity contribution < 1.29 is 36.6 Å². The van der Waals surface area contributed by atoms with E-state index in [1.165, 1.54) is 0 Å². The maximum atomic E-state index is 14.1. The van der Waals surface area contributed by atoms with E-state index in [0.717, 1.165) is 12.1 Å². The number of alkyl halides is 3. The summed E-state index contributed by atoms with van der Waals surface area (Å²) in [6.45, 7) is 3.48. The Balaban J connectivity index is 2.96. The van der Waals surface area contributed by atoms with E-state index < -0.39 is 35.4 Å². The standard InChI is InChI=1S/C17H20F4O4/c1-3-24-15(22)7-5-6-13(16(23)25-4-2)12-9-8-11(10-14(12)18)17(19,20)21/h8-10,13H,3-7H2,1-2H3. The molecule has 1 aromatic rings. The zero-order valence-corrected chi connectivity index (χ0v) is 14.0. The predicted octanol–water partition coefficient (Wildman–Crippen LogP) is 4.22. The molecule has 0 N–H and O–H groups in total. The van der Waals surface area contributed by atoms with Crippen molar-refractivity contribution in [2.24, 2.45) is 0 Å².